The van der Waals surface area contributed by atoms with Gasteiger partial charge in [-0.3, -0.25) is 4.79 Å². The second-order valence-electron chi connectivity index (χ2n) is 7.17. The molecule has 0 aromatic heterocycles. The molecule has 1 heterocycles. The summed E-state index contributed by atoms with van der Waals surface area (Å²) in [5.74, 6) is -0.729. The third-order valence-electron chi connectivity index (χ3n) is 5.31. The molecular formula is C17H34N2O2. The van der Waals surface area contributed by atoms with Gasteiger partial charge in [0.25, 0.3) is 0 Å². The Kier molecular flexibility index (Phi) is 7.14. The van der Waals surface area contributed by atoms with Gasteiger partial charge in [-0.15, -0.1) is 0 Å². The summed E-state index contributed by atoms with van der Waals surface area (Å²) in [6, 6.07) is 0. The van der Waals surface area contributed by atoms with E-state index in [4.69, 9.17) is 0 Å². The normalized spacial score (nSPS) is 21.9. The molecule has 4 nitrogen and oxygen atoms in total. The molecule has 1 aliphatic rings. The predicted octanol–water partition coefficient (Wildman–Crippen LogP) is 3.12. The van der Waals surface area contributed by atoms with Crippen molar-refractivity contribution in [2.24, 2.45) is 5.41 Å². The van der Waals surface area contributed by atoms with E-state index < -0.39 is 11.5 Å². The molecule has 0 aliphatic carbocycles. The number of rotatable bonds is 9. The number of aliphatic carboxylic acids is 1. The summed E-state index contributed by atoms with van der Waals surface area (Å²) >= 11 is 0. The molecule has 1 unspecified atom stereocenters. The lowest BCUT2D eigenvalue weighted by Gasteiger charge is -2.39. The first-order chi connectivity index (χ1) is 9.85. The van der Waals surface area contributed by atoms with Crippen molar-refractivity contribution in [2.75, 3.05) is 26.2 Å². The minimum atomic E-state index is -0.774. The summed E-state index contributed by atoms with van der Waals surface area (Å²) in [4.78, 5) is 14.0. The molecule has 0 saturated carbocycles. The molecule has 1 fully saturated rings. The molecule has 0 aromatic carbocycles. The standard InChI is InChI=1S/C17H34N2O2/c1-5-11-18-17(4,15(20)21)8-7-12-19-13-9-16(3,6-2)10-14-19/h18H,5-14H2,1-4H3,(H,20,21). The zero-order valence-corrected chi connectivity index (χ0v) is 14.4. The van der Waals surface area contributed by atoms with Gasteiger partial charge in [0.2, 0.25) is 0 Å². The largest absolute Gasteiger partial charge is 0.480 e. The maximum atomic E-state index is 11.5. The van der Waals surface area contributed by atoms with Crippen LogP contribution in [-0.2, 0) is 4.79 Å². The fourth-order valence-electron chi connectivity index (χ4n) is 3.00. The third-order valence-corrected chi connectivity index (χ3v) is 5.31. The lowest BCUT2D eigenvalue weighted by molar-refractivity contribution is -0.144. The summed E-state index contributed by atoms with van der Waals surface area (Å²) < 4.78 is 0. The van der Waals surface area contributed by atoms with Crippen LogP contribution in [0.3, 0.4) is 0 Å². The monoisotopic (exact) mass is 298 g/mol. The number of carbonyl (C=O) groups is 1. The van der Waals surface area contributed by atoms with Crippen molar-refractivity contribution < 1.29 is 9.90 Å². The van der Waals surface area contributed by atoms with Crippen LogP contribution in [0.5, 0.6) is 0 Å². The van der Waals surface area contributed by atoms with Crippen molar-refractivity contribution in [3.63, 3.8) is 0 Å². The number of piperidine rings is 1. The van der Waals surface area contributed by atoms with E-state index in [0.717, 1.165) is 39.0 Å². The zero-order chi connectivity index (χ0) is 15.9. The second kappa shape index (κ2) is 8.14. The van der Waals surface area contributed by atoms with Crippen LogP contribution in [0.2, 0.25) is 0 Å². The Morgan fingerprint density at radius 1 is 1.33 bits per heavy atom. The maximum Gasteiger partial charge on any atom is 0.323 e. The number of nitrogens with zero attached hydrogens (tertiary/aromatic N) is 1. The van der Waals surface area contributed by atoms with Crippen LogP contribution in [0, 0.1) is 5.41 Å². The molecule has 1 saturated heterocycles. The minimum absolute atomic E-state index is 0.523. The number of nitrogens with one attached hydrogen (secondary N) is 1. The van der Waals surface area contributed by atoms with Crippen molar-refractivity contribution in [3.8, 4) is 0 Å². The number of carboxylic acid groups (broad SMARTS) is 1. The van der Waals surface area contributed by atoms with Crippen molar-refractivity contribution in [2.45, 2.75) is 71.8 Å². The lowest BCUT2D eigenvalue weighted by atomic mass is 9.78. The lowest BCUT2D eigenvalue weighted by Crippen LogP contribution is -2.50. The molecule has 0 radical (unpaired) electrons. The molecular weight excluding hydrogens is 264 g/mol. The Morgan fingerprint density at radius 2 is 1.95 bits per heavy atom. The first kappa shape index (κ1) is 18.4. The maximum absolute atomic E-state index is 11.5. The summed E-state index contributed by atoms with van der Waals surface area (Å²) in [6.45, 7) is 12.7. The van der Waals surface area contributed by atoms with E-state index in [-0.39, 0.29) is 0 Å². The second-order valence-corrected chi connectivity index (χ2v) is 7.17. The van der Waals surface area contributed by atoms with Crippen LogP contribution >= 0.6 is 0 Å². The highest BCUT2D eigenvalue weighted by atomic mass is 16.4. The topological polar surface area (TPSA) is 52.6 Å². The molecule has 4 heteroatoms. The Hall–Kier alpha value is -0.610. The van der Waals surface area contributed by atoms with Crippen molar-refractivity contribution in [1.29, 1.82) is 0 Å². The van der Waals surface area contributed by atoms with Crippen LogP contribution in [0.1, 0.15) is 66.2 Å². The van der Waals surface area contributed by atoms with Gasteiger partial charge in [-0.1, -0.05) is 27.2 Å². The fourth-order valence-corrected chi connectivity index (χ4v) is 3.00. The van der Waals surface area contributed by atoms with E-state index in [0.29, 0.717) is 11.8 Å². The van der Waals surface area contributed by atoms with Gasteiger partial charge < -0.3 is 15.3 Å². The summed E-state index contributed by atoms with van der Waals surface area (Å²) in [5, 5.41) is 12.6. The van der Waals surface area contributed by atoms with Gasteiger partial charge in [0.1, 0.15) is 5.54 Å². The van der Waals surface area contributed by atoms with Gasteiger partial charge in [0, 0.05) is 0 Å². The quantitative estimate of drug-likeness (QED) is 0.687. The summed E-state index contributed by atoms with van der Waals surface area (Å²) in [5.41, 5.74) is -0.251. The Balaban J connectivity index is 2.33. The van der Waals surface area contributed by atoms with Crippen LogP contribution in [0.15, 0.2) is 0 Å². The van der Waals surface area contributed by atoms with Crippen molar-refractivity contribution >= 4 is 5.97 Å². The molecule has 1 rings (SSSR count). The highest BCUT2D eigenvalue weighted by molar-refractivity contribution is 5.78. The Bertz CT molecular complexity index is 325. The molecule has 1 atom stereocenters. The molecule has 0 amide bonds. The van der Waals surface area contributed by atoms with Gasteiger partial charge in [0.15, 0.2) is 0 Å². The Labute approximate surface area is 130 Å². The van der Waals surface area contributed by atoms with E-state index in [2.05, 4.69) is 31.0 Å². The van der Waals surface area contributed by atoms with Crippen molar-refractivity contribution in [3.05, 3.63) is 0 Å². The van der Waals surface area contributed by atoms with Crippen LogP contribution < -0.4 is 5.32 Å². The number of likely N-dealkylation sites (tertiary alicyclic amines) is 1. The molecule has 0 spiro atoms. The highest BCUT2D eigenvalue weighted by Crippen LogP contribution is 2.33. The van der Waals surface area contributed by atoms with Gasteiger partial charge in [-0.25, -0.2) is 0 Å². The van der Waals surface area contributed by atoms with E-state index in [9.17, 15) is 9.90 Å². The molecule has 0 aromatic rings. The summed E-state index contributed by atoms with van der Waals surface area (Å²) in [7, 11) is 0. The average Bonchev–Trinajstić information content (AvgIpc) is 2.47. The first-order valence-electron chi connectivity index (χ1n) is 8.56. The summed E-state index contributed by atoms with van der Waals surface area (Å²) in [6.07, 6.45) is 6.41. The van der Waals surface area contributed by atoms with Crippen LogP contribution in [-0.4, -0.2) is 47.7 Å². The number of hydrogen-bond acceptors (Lipinski definition) is 3. The molecule has 21 heavy (non-hydrogen) atoms. The van der Waals surface area contributed by atoms with E-state index in [1.807, 2.05) is 6.92 Å². The van der Waals surface area contributed by atoms with E-state index in [1.165, 1.54) is 19.3 Å². The minimum Gasteiger partial charge on any atom is -0.480 e. The average molecular weight is 298 g/mol. The van der Waals surface area contributed by atoms with Gasteiger partial charge in [-0.2, -0.15) is 0 Å². The SMILES string of the molecule is CCCNC(C)(CCCN1CCC(C)(CC)CC1)C(=O)O. The highest BCUT2D eigenvalue weighted by Gasteiger charge is 2.32. The van der Waals surface area contributed by atoms with Gasteiger partial charge in [0.05, 0.1) is 0 Å². The van der Waals surface area contributed by atoms with Crippen LogP contribution in [0.4, 0.5) is 0 Å². The van der Waals surface area contributed by atoms with Crippen molar-refractivity contribution in [1.82, 2.24) is 10.2 Å². The van der Waals surface area contributed by atoms with E-state index in [1.54, 1.807) is 0 Å². The molecule has 2 N–H and O–H groups in total. The Morgan fingerprint density at radius 3 is 2.43 bits per heavy atom. The van der Waals surface area contributed by atoms with Gasteiger partial charge >= 0.3 is 5.97 Å². The number of carboxylic acids is 1. The molecule has 1 aliphatic heterocycles. The smallest absolute Gasteiger partial charge is 0.323 e. The predicted molar refractivity (Wildman–Crippen MR) is 87.6 cm³/mol. The van der Waals surface area contributed by atoms with Crippen LogP contribution in [0.25, 0.3) is 0 Å². The third kappa shape index (κ3) is 5.59. The fraction of sp³-hybridized carbons (Fsp3) is 0.941. The molecule has 0 bridgehead atoms. The zero-order valence-electron chi connectivity index (χ0n) is 14.4. The van der Waals surface area contributed by atoms with E-state index >= 15 is 0 Å². The van der Waals surface area contributed by atoms with Gasteiger partial charge in [-0.05, 0) is 70.6 Å². The number of hydrogen-bond donors (Lipinski definition) is 2. The molecule has 124 valence electrons. The first-order valence-corrected chi connectivity index (χ1v) is 8.56.